The summed E-state index contributed by atoms with van der Waals surface area (Å²) in [6.07, 6.45) is 5.68. The van der Waals surface area contributed by atoms with Crippen LogP contribution in [0.1, 0.15) is 25.7 Å². The SMILES string of the molecule is N=[N+]=NCCCCCC[P+](c1ccccc1)(c1ccccc1)c1ccccc1. The molecule has 142 valence electrons. The summed E-state index contributed by atoms with van der Waals surface area (Å²) in [5.74, 6) is 0. The molecule has 0 saturated heterocycles. The van der Waals surface area contributed by atoms with Crippen molar-refractivity contribution in [1.82, 2.24) is 4.91 Å². The van der Waals surface area contributed by atoms with Crippen LogP contribution in [-0.2, 0) is 0 Å². The fourth-order valence-electron chi connectivity index (χ4n) is 3.82. The summed E-state index contributed by atoms with van der Waals surface area (Å²) in [5.41, 5.74) is 6.75. The van der Waals surface area contributed by atoms with Gasteiger partial charge in [-0.15, -0.1) is 0 Å². The van der Waals surface area contributed by atoms with Gasteiger partial charge in [-0.2, -0.15) is 0 Å². The molecule has 3 aromatic carbocycles. The first kappa shape index (κ1) is 20.1. The van der Waals surface area contributed by atoms with Gasteiger partial charge in [0.2, 0.25) is 4.91 Å². The zero-order valence-electron chi connectivity index (χ0n) is 16.2. The van der Waals surface area contributed by atoms with Crippen LogP contribution in [0, 0.1) is 5.53 Å². The van der Waals surface area contributed by atoms with Crippen LogP contribution in [0.15, 0.2) is 96.1 Å². The molecule has 0 amide bonds. The van der Waals surface area contributed by atoms with E-state index in [0.29, 0.717) is 6.54 Å². The molecule has 0 aliphatic heterocycles. The third-order valence-corrected chi connectivity index (χ3v) is 9.69. The maximum atomic E-state index is 6.75. The fourth-order valence-corrected chi connectivity index (χ4v) is 8.23. The van der Waals surface area contributed by atoms with Gasteiger partial charge in [0, 0.05) is 0 Å². The van der Waals surface area contributed by atoms with E-state index in [1.54, 1.807) is 0 Å². The minimum absolute atomic E-state index is 0.667. The predicted molar refractivity (Wildman–Crippen MR) is 121 cm³/mol. The first-order valence-corrected chi connectivity index (χ1v) is 11.9. The maximum absolute atomic E-state index is 6.75. The molecular weight excluding hydrogens is 361 g/mol. The summed E-state index contributed by atoms with van der Waals surface area (Å²) in [5, 5.41) is 8.12. The van der Waals surface area contributed by atoms with E-state index >= 15 is 0 Å². The average Bonchev–Trinajstić information content (AvgIpc) is 2.78. The normalized spacial score (nSPS) is 11.0. The van der Waals surface area contributed by atoms with Gasteiger partial charge in [-0.05, 0) is 55.7 Å². The van der Waals surface area contributed by atoms with E-state index in [1.807, 2.05) is 0 Å². The topological polar surface area (TPSA) is 50.3 Å². The molecular formula is C24H28N3P+2. The quantitative estimate of drug-likeness (QED) is 0.217. The molecule has 0 aromatic heterocycles. The van der Waals surface area contributed by atoms with Crippen molar-refractivity contribution in [3.63, 3.8) is 0 Å². The fraction of sp³-hybridized carbons (Fsp3) is 0.250. The van der Waals surface area contributed by atoms with Gasteiger partial charge in [0.15, 0.2) is 0 Å². The van der Waals surface area contributed by atoms with Gasteiger partial charge in [-0.25, -0.2) is 0 Å². The first-order chi connectivity index (χ1) is 13.9. The summed E-state index contributed by atoms with van der Waals surface area (Å²) in [4.78, 5) is 3.09. The third-order valence-electron chi connectivity index (χ3n) is 5.16. The molecule has 0 aliphatic rings. The van der Waals surface area contributed by atoms with Crippen molar-refractivity contribution in [2.24, 2.45) is 5.11 Å². The average molecular weight is 389 g/mol. The monoisotopic (exact) mass is 389 g/mol. The second kappa shape index (κ2) is 10.7. The van der Waals surface area contributed by atoms with Crippen LogP contribution in [0.4, 0.5) is 0 Å². The molecule has 3 rings (SSSR count). The van der Waals surface area contributed by atoms with Gasteiger partial charge in [0.25, 0.3) is 0 Å². The van der Waals surface area contributed by atoms with E-state index in [9.17, 15) is 0 Å². The highest BCUT2D eigenvalue weighted by molar-refractivity contribution is 7.95. The number of hydrogen-bond donors (Lipinski definition) is 1. The summed E-state index contributed by atoms with van der Waals surface area (Å²) >= 11 is 0. The van der Waals surface area contributed by atoms with E-state index in [-0.39, 0.29) is 0 Å². The van der Waals surface area contributed by atoms with Crippen LogP contribution in [0.25, 0.3) is 0 Å². The lowest BCUT2D eigenvalue weighted by atomic mass is 10.2. The largest absolute Gasteiger partial charge is 0.214 e. The van der Waals surface area contributed by atoms with Crippen molar-refractivity contribution in [2.45, 2.75) is 25.7 Å². The second-order valence-electron chi connectivity index (χ2n) is 6.92. The highest BCUT2D eigenvalue weighted by Gasteiger charge is 2.44. The van der Waals surface area contributed by atoms with Crippen molar-refractivity contribution in [2.75, 3.05) is 12.7 Å². The van der Waals surface area contributed by atoms with Crippen LogP contribution in [0.5, 0.6) is 0 Å². The Morgan fingerprint density at radius 2 is 1.04 bits per heavy atom. The van der Waals surface area contributed by atoms with Crippen LogP contribution < -0.4 is 20.8 Å². The Bertz CT molecular complexity index is 779. The van der Waals surface area contributed by atoms with E-state index in [0.717, 1.165) is 12.8 Å². The number of hydrogen-bond acceptors (Lipinski definition) is 2. The van der Waals surface area contributed by atoms with E-state index in [1.165, 1.54) is 34.9 Å². The van der Waals surface area contributed by atoms with E-state index in [2.05, 4.69) is 101 Å². The van der Waals surface area contributed by atoms with Gasteiger partial charge in [0.1, 0.15) is 40.4 Å². The Balaban J connectivity index is 1.94. The number of rotatable bonds is 10. The molecule has 0 aliphatic carbocycles. The smallest absolute Gasteiger partial charge is 0.0620 e. The molecule has 0 bridgehead atoms. The van der Waals surface area contributed by atoms with Crippen molar-refractivity contribution < 1.29 is 0 Å². The third kappa shape index (κ3) is 4.81. The molecule has 0 fully saturated rings. The Kier molecular flexibility index (Phi) is 7.67. The van der Waals surface area contributed by atoms with Gasteiger partial charge in [-0.1, -0.05) is 61.0 Å². The molecule has 0 saturated carbocycles. The molecule has 0 atom stereocenters. The lowest BCUT2D eigenvalue weighted by Crippen LogP contribution is -2.33. The predicted octanol–water partition coefficient (Wildman–Crippen LogP) is 5.09. The summed E-state index contributed by atoms with van der Waals surface area (Å²) in [6.45, 7) is 0.667. The molecule has 0 heterocycles. The molecule has 3 nitrogen and oxygen atoms in total. The molecule has 4 heteroatoms. The first-order valence-electron chi connectivity index (χ1n) is 9.96. The standard InChI is InChI=1S/C24H28N3P/c25-27-26-20-12-1-2-13-21-28(22-14-6-3-7-15-22,23-16-8-4-9-17-23)24-18-10-5-11-19-24/h3-11,14-19,25H,1-2,12-13,20-21H2/q+2. The van der Waals surface area contributed by atoms with Crippen LogP contribution in [0.2, 0.25) is 0 Å². The van der Waals surface area contributed by atoms with Crippen molar-refractivity contribution in [3.8, 4) is 0 Å². The highest BCUT2D eigenvalue weighted by atomic mass is 31.2. The van der Waals surface area contributed by atoms with Crippen LogP contribution in [-0.4, -0.2) is 12.7 Å². The molecule has 1 N–H and O–H groups in total. The summed E-state index contributed by atoms with van der Waals surface area (Å²) < 4.78 is 0. The van der Waals surface area contributed by atoms with Gasteiger partial charge >= 0.3 is 0 Å². The molecule has 3 aromatic rings. The number of unbranched alkanes of at least 4 members (excludes halogenated alkanes) is 3. The van der Waals surface area contributed by atoms with E-state index < -0.39 is 7.26 Å². The van der Waals surface area contributed by atoms with Crippen molar-refractivity contribution >= 4 is 23.2 Å². The van der Waals surface area contributed by atoms with Gasteiger partial charge < -0.3 is 0 Å². The molecule has 0 unspecified atom stereocenters. The number of nitrogens with zero attached hydrogens (tertiary/aromatic N) is 2. The van der Waals surface area contributed by atoms with E-state index in [4.69, 9.17) is 5.53 Å². The number of benzene rings is 3. The van der Waals surface area contributed by atoms with Gasteiger partial charge in [0.05, 0.1) is 6.16 Å². The zero-order chi connectivity index (χ0) is 19.5. The minimum atomic E-state index is -1.69. The Morgan fingerprint density at radius 1 is 0.607 bits per heavy atom. The second-order valence-corrected chi connectivity index (χ2v) is 10.5. The van der Waals surface area contributed by atoms with Crippen LogP contribution >= 0.6 is 7.26 Å². The zero-order valence-corrected chi connectivity index (χ0v) is 17.1. The van der Waals surface area contributed by atoms with Crippen LogP contribution in [0.3, 0.4) is 0 Å². The lowest BCUT2D eigenvalue weighted by Gasteiger charge is -2.27. The van der Waals surface area contributed by atoms with Crippen molar-refractivity contribution in [3.05, 3.63) is 91.0 Å². The minimum Gasteiger partial charge on any atom is -0.0620 e. The Labute approximate surface area is 168 Å². The highest BCUT2D eigenvalue weighted by Crippen LogP contribution is 2.55. The Morgan fingerprint density at radius 3 is 1.46 bits per heavy atom. The van der Waals surface area contributed by atoms with Crippen molar-refractivity contribution in [1.29, 1.82) is 5.53 Å². The van der Waals surface area contributed by atoms with Gasteiger partial charge in [-0.3, -0.25) is 0 Å². The molecule has 0 spiro atoms. The summed E-state index contributed by atoms with van der Waals surface area (Å²) in [7, 11) is -1.69. The molecule has 0 radical (unpaired) electrons. The maximum Gasteiger partial charge on any atom is 0.214 e. The Hall–Kier alpha value is -2.60. The summed E-state index contributed by atoms with van der Waals surface area (Å²) in [6, 6.07) is 33.2. The molecule has 28 heavy (non-hydrogen) atoms. The number of nitrogens with one attached hydrogen (secondary N) is 1. The lowest BCUT2D eigenvalue weighted by molar-refractivity contribution is 0.659.